The predicted octanol–water partition coefficient (Wildman–Crippen LogP) is -0.524. The molecule has 2 rings (SSSR count). The largest absolute Gasteiger partial charge is 0.309 e. The van der Waals surface area contributed by atoms with E-state index in [4.69, 9.17) is 0 Å². The van der Waals surface area contributed by atoms with Crippen LogP contribution >= 0.6 is 0 Å². The first kappa shape index (κ1) is 8.54. The van der Waals surface area contributed by atoms with Crippen molar-refractivity contribution < 1.29 is 9.72 Å². The zero-order valence-corrected chi connectivity index (χ0v) is 7.22. The van der Waals surface area contributed by atoms with Crippen LogP contribution in [0.2, 0.25) is 0 Å². The summed E-state index contributed by atoms with van der Waals surface area (Å²) in [6.07, 6.45) is 1.07. The molecule has 0 saturated carbocycles. The van der Waals surface area contributed by atoms with Gasteiger partial charge in [-0.3, -0.25) is 19.9 Å². The number of nitrogens with zero attached hydrogens (tertiary/aromatic N) is 3. The van der Waals surface area contributed by atoms with E-state index in [1.807, 2.05) is 0 Å². The molecular formula is C7H6N4O3. The van der Waals surface area contributed by atoms with Gasteiger partial charge in [0.25, 0.3) is 11.6 Å². The Morgan fingerprint density at radius 1 is 1.64 bits per heavy atom. The van der Waals surface area contributed by atoms with Gasteiger partial charge in [-0.1, -0.05) is 0 Å². The smallest absolute Gasteiger partial charge is 0.294 e. The van der Waals surface area contributed by atoms with E-state index in [0.717, 1.165) is 6.20 Å². The Hall–Kier alpha value is -2.05. The van der Waals surface area contributed by atoms with Crippen molar-refractivity contribution in [2.75, 3.05) is 0 Å². The third kappa shape index (κ3) is 1.10. The van der Waals surface area contributed by atoms with Crippen LogP contribution in [-0.4, -0.2) is 28.4 Å². The number of rotatable bonds is 1. The van der Waals surface area contributed by atoms with Crippen molar-refractivity contribution in [1.29, 1.82) is 0 Å². The topological polar surface area (TPSA) is 97.0 Å². The highest BCUT2D eigenvalue weighted by molar-refractivity contribution is 6.45. The van der Waals surface area contributed by atoms with Crippen molar-refractivity contribution in [3.8, 4) is 0 Å². The lowest BCUT2D eigenvalue weighted by Gasteiger charge is -2.15. The van der Waals surface area contributed by atoms with E-state index in [9.17, 15) is 14.9 Å². The highest BCUT2D eigenvalue weighted by Crippen LogP contribution is 2.19. The van der Waals surface area contributed by atoms with Gasteiger partial charge in [0.2, 0.25) is 0 Å². The number of hydrogen-bond acceptors (Lipinski definition) is 5. The molecule has 1 N–H and O–H groups in total. The number of hydrogen-bond donors (Lipinski definition) is 1. The molecule has 2 aliphatic rings. The van der Waals surface area contributed by atoms with Gasteiger partial charge in [-0.2, -0.15) is 0 Å². The van der Waals surface area contributed by atoms with Crippen molar-refractivity contribution >= 4 is 17.5 Å². The summed E-state index contributed by atoms with van der Waals surface area (Å²) in [5.41, 5.74) is -0.0727. The molecule has 14 heavy (non-hydrogen) atoms. The molecule has 1 amide bonds. The Balaban J connectivity index is 2.41. The summed E-state index contributed by atoms with van der Waals surface area (Å²) in [5.74, 6) is -0.0517. The minimum Gasteiger partial charge on any atom is -0.309 e. The fraction of sp³-hybridized carbons (Fsp3) is 0.286. The van der Waals surface area contributed by atoms with Gasteiger partial charge in [0.1, 0.15) is 17.7 Å². The average molecular weight is 194 g/mol. The Bertz CT molecular complexity index is 421. The van der Waals surface area contributed by atoms with E-state index in [2.05, 4.69) is 15.3 Å². The number of carbonyl (C=O) groups is 1. The summed E-state index contributed by atoms with van der Waals surface area (Å²) in [5, 5.41) is 13.0. The molecule has 1 atom stereocenters. The van der Waals surface area contributed by atoms with Crippen LogP contribution in [0.5, 0.6) is 0 Å². The molecule has 0 radical (unpaired) electrons. The monoisotopic (exact) mass is 194 g/mol. The maximum Gasteiger partial charge on any atom is 0.294 e. The molecule has 2 aliphatic heterocycles. The molecule has 1 unspecified atom stereocenters. The van der Waals surface area contributed by atoms with Crippen LogP contribution in [-0.2, 0) is 4.79 Å². The third-order valence-corrected chi connectivity index (χ3v) is 1.94. The van der Waals surface area contributed by atoms with Crippen LogP contribution in [0.1, 0.15) is 6.92 Å². The molecule has 2 heterocycles. The van der Waals surface area contributed by atoms with Gasteiger partial charge in [-0.15, -0.1) is 0 Å². The van der Waals surface area contributed by atoms with E-state index in [-0.39, 0.29) is 11.4 Å². The van der Waals surface area contributed by atoms with Gasteiger partial charge < -0.3 is 5.32 Å². The Labute approximate surface area is 78.4 Å². The molecule has 72 valence electrons. The van der Waals surface area contributed by atoms with Crippen LogP contribution < -0.4 is 5.32 Å². The minimum absolute atomic E-state index is 0.0855. The van der Waals surface area contributed by atoms with E-state index in [1.54, 1.807) is 6.92 Å². The van der Waals surface area contributed by atoms with Crippen LogP contribution in [0.4, 0.5) is 0 Å². The van der Waals surface area contributed by atoms with E-state index in [0.29, 0.717) is 5.84 Å². The van der Waals surface area contributed by atoms with Gasteiger partial charge in [0, 0.05) is 0 Å². The maximum atomic E-state index is 11.3. The Kier molecular flexibility index (Phi) is 1.66. The second-order valence-electron chi connectivity index (χ2n) is 2.90. The molecule has 7 nitrogen and oxygen atoms in total. The summed E-state index contributed by atoms with van der Waals surface area (Å²) >= 11 is 0. The number of fused-ring (bicyclic) bond motifs is 1. The fourth-order valence-electron chi connectivity index (χ4n) is 1.33. The number of amidine groups is 1. The van der Waals surface area contributed by atoms with Crippen molar-refractivity contribution in [1.82, 2.24) is 5.32 Å². The molecule has 0 fully saturated rings. The molecule has 0 aliphatic carbocycles. The van der Waals surface area contributed by atoms with Crippen LogP contribution in [0.15, 0.2) is 21.9 Å². The van der Waals surface area contributed by atoms with E-state index >= 15 is 0 Å². The first-order valence-electron chi connectivity index (χ1n) is 3.87. The third-order valence-electron chi connectivity index (χ3n) is 1.94. The van der Waals surface area contributed by atoms with Gasteiger partial charge in [0.15, 0.2) is 6.04 Å². The molecule has 0 bridgehead atoms. The van der Waals surface area contributed by atoms with Crippen LogP contribution in [0, 0.1) is 10.1 Å². The zero-order valence-electron chi connectivity index (χ0n) is 7.22. The lowest BCUT2D eigenvalue weighted by atomic mass is 10.1. The number of carbonyl (C=O) groups excluding carboxylic acids is 1. The van der Waals surface area contributed by atoms with Crippen molar-refractivity contribution in [2.45, 2.75) is 13.0 Å². The van der Waals surface area contributed by atoms with Crippen LogP contribution in [0.25, 0.3) is 0 Å². The first-order chi connectivity index (χ1) is 6.59. The highest BCUT2D eigenvalue weighted by Gasteiger charge is 2.40. The molecule has 0 saturated heterocycles. The highest BCUT2D eigenvalue weighted by atomic mass is 16.6. The summed E-state index contributed by atoms with van der Waals surface area (Å²) < 4.78 is 0. The number of nitrogens with one attached hydrogen (secondary N) is 1. The van der Waals surface area contributed by atoms with E-state index < -0.39 is 16.9 Å². The lowest BCUT2D eigenvalue weighted by Crippen LogP contribution is -2.45. The number of nitro groups is 1. The molecular weight excluding hydrogens is 188 g/mol. The quantitative estimate of drug-likeness (QED) is 0.449. The molecule has 0 aromatic heterocycles. The van der Waals surface area contributed by atoms with Crippen molar-refractivity contribution in [3.05, 3.63) is 22.0 Å². The van der Waals surface area contributed by atoms with Crippen molar-refractivity contribution in [2.24, 2.45) is 9.98 Å². The average Bonchev–Trinajstić information content (AvgIpc) is 2.47. The first-order valence-corrected chi connectivity index (χ1v) is 3.87. The second-order valence-corrected chi connectivity index (χ2v) is 2.90. The zero-order chi connectivity index (χ0) is 10.3. The normalized spacial score (nSPS) is 24.5. The summed E-state index contributed by atoms with van der Waals surface area (Å²) in [6, 6.07) is -0.834. The van der Waals surface area contributed by atoms with Gasteiger partial charge in [-0.05, 0) is 6.92 Å². The number of amides is 1. The summed E-state index contributed by atoms with van der Waals surface area (Å²) in [7, 11) is 0. The predicted molar refractivity (Wildman–Crippen MR) is 47.6 cm³/mol. The minimum atomic E-state index is -0.834. The van der Waals surface area contributed by atoms with Crippen molar-refractivity contribution in [3.63, 3.8) is 0 Å². The van der Waals surface area contributed by atoms with E-state index in [1.165, 1.54) is 0 Å². The van der Waals surface area contributed by atoms with Gasteiger partial charge >= 0.3 is 0 Å². The standard InChI is InChI=1S/C7H6N4O3/c1-3-9-5-4(11(13)14)2-8-6(5)7(12)10-3/h2,5H,1H3,(H,9,10,12). The van der Waals surface area contributed by atoms with Gasteiger partial charge in [0.05, 0.1) is 4.92 Å². The molecule has 0 aromatic rings. The Morgan fingerprint density at radius 2 is 2.36 bits per heavy atom. The van der Waals surface area contributed by atoms with Crippen LogP contribution in [0.3, 0.4) is 0 Å². The number of aliphatic imine (C=N–C) groups is 2. The Morgan fingerprint density at radius 3 is 3.00 bits per heavy atom. The molecule has 7 heteroatoms. The molecule has 0 spiro atoms. The van der Waals surface area contributed by atoms with Gasteiger partial charge in [-0.25, -0.2) is 4.99 Å². The fourth-order valence-corrected chi connectivity index (χ4v) is 1.33. The maximum absolute atomic E-state index is 11.3. The lowest BCUT2D eigenvalue weighted by molar-refractivity contribution is -0.427. The molecule has 0 aromatic carbocycles. The SMILES string of the molecule is CC1=NC2C([N+](=O)[O-])=CN=C2C(=O)N1. The summed E-state index contributed by atoms with van der Waals surface area (Å²) in [6.45, 7) is 1.57. The second kappa shape index (κ2) is 2.72. The summed E-state index contributed by atoms with van der Waals surface area (Å²) in [4.78, 5) is 28.8.